The maximum Gasteiger partial charge on any atom is 0.490 e. The molecule has 0 bridgehead atoms. The largest absolute Gasteiger partial charge is 0.490 e. The standard InChI is InChI=1S/C14H19N3O2.C2HF3O2/c1-16-14-11(8-15-16)5-6-17(13(14)10-18-2)9-12-4-3-7-19-12;3-2(4,5)1(6)7/h3-4,7-8,13H,5-6,9-10H2,1-2H3;(H,6,7). The van der Waals surface area contributed by atoms with Gasteiger partial charge >= 0.3 is 12.1 Å². The summed E-state index contributed by atoms with van der Waals surface area (Å²) in [4.78, 5) is 11.3. The second-order valence-electron chi connectivity index (χ2n) is 5.75. The van der Waals surface area contributed by atoms with Gasteiger partial charge in [0.1, 0.15) is 5.76 Å². The van der Waals surface area contributed by atoms with Crippen LogP contribution >= 0.6 is 0 Å². The van der Waals surface area contributed by atoms with Gasteiger partial charge in [-0.1, -0.05) is 0 Å². The molecule has 0 fully saturated rings. The molecule has 0 amide bonds. The van der Waals surface area contributed by atoms with Crippen LogP contribution in [0.5, 0.6) is 0 Å². The third-order valence-corrected chi connectivity index (χ3v) is 4.00. The van der Waals surface area contributed by atoms with E-state index >= 15 is 0 Å². The Labute approximate surface area is 148 Å². The topological polar surface area (TPSA) is 80.7 Å². The lowest BCUT2D eigenvalue weighted by molar-refractivity contribution is -0.192. The van der Waals surface area contributed by atoms with E-state index in [0.717, 1.165) is 25.3 Å². The molecule has 0 radical (unpaired) electrons. The summed E-state index contributed by atoms with van der Waals surface area (Å²) in [5, 5.41) is 11.5. The third-order valence-electron chi connectivity index (χ3n) is 4.00. The van der Waals surface area contributed by atoms with Crippen molar-refractivity contribution in [2.45, 2.75) is 25.2 Å². The van der Waals surface area contributed by atoms with Gasteiger partial charge in [0.25, 0.3) is 0 Å². The van der Waals surface area contributed by atoms with Gasteiger partial charge in [0.05, 0.1) is 37.3 Å². The minimum absolute atomic E-state index is 0.242. The van der Waals surface area contributed by atoms with Gasteiger partial charge in [-0.3, -0.25) is 9.58 Å². The van der Waals surface area contributed by atoms with Crippen LogP contribution in [0.1, 0.15) is 23.1 Å². The Morgan fingerprint density at radius 1 is 1.50 bits per heavy atom. The van der Waals surface area contributed by atoms with Crippen LogP contribution in [0.25, 0.3) is 0 Å². The third kappa shape index (κ3) is 4.85. The summed E-state index contributed by atoms with van der Waals surface area (Å²) >= 11 is 0. The number of nitrogens with zero attached hydrogens (tertiary/aromatic N) is 3. The van der Waals surface area contributed by atoms with Gasteiger partial charge in [0, 0.05) is 20.7 Å². The number of aryl methyl sites for hydroxylation is 1. The van der Waals surface area contributed by atoms with E-state index in [4.69, 9.17) is 19.1 Å². The first-order valence-electron chi connectivity index (χ1n) is 7.80. The Balaban J connectivity index is 0.000000298. The van der Waals surface area contributed by atoms with E-state index < -0.39 is 12.1 Å². The number of halogens is 3. The number of carboxylic acids is 1. The fourth-order valence-corrected chi connectivity index (χ4v) is 2.84. The molecule has 1 aliphatic heterocycles. The SMILES string of the molecule is COCC1c2c(cnn2C)CCN1Cc1ccco1.O=C(O)C(F)(F)F. The Morgan fingerprint density at radius 2 is 2.19 bits per heavy atom. The monoisotopic (exact) mass is 375 g/mol. The summed E-state index contributed by atoms with van der Waals surface area (Å²) in [6.45, 7) is 2.49. The van der Waals surface area contributed by atoms with E-state index in [2.05, 4.69) is 10.00 Å². The Hall–Kier alpha value is -2.33. The van der Waals surface area contributed by atoms with Crippen LogP contribution in [0.15, 0.2) is 29.0 Å². The molecule has 3 rings (SSSR count). The van der Waals surface area contributed by atoms with E-state index in [9.17, 15) is 13.2 Å². The minimum atomic E-state index is -5.08. The molecule has 144 valence electrons. The minimum Gasteiger partial charge on any atom is -0.475 e. The van der Waals surface area contributed by atoms with Crippen LogP contribution < -0.4 is 0 Å². The molecule has 10 heteroatoms. The molecular weight excluding hydrogens is 355 g/mol. The second-order valence-corrected chi connectivity index (χ2v) is 5.75. The maximum absolute atomic E-state index is 10.6. The van der Waals surface area contributed by atoms with Gasteiger partial charge in [-0.25, -0.2) is 4.79 Å². The van der Waals surface area contributed by atoms with Crippen molar-refractivity contribution in [3.05, 3.63) is 41.6 Å². The van der Waals surface area contributed by atoms with Crippen molar-refractivity contribution in [2.75, 3.05) is 20.3 Å². The van der Waals surface area contributed by atoms with Crippen LogP contribution in [-0.4, -0.2) is 52.2 Å². The average molecular weight is 375 g/mol. The van der Waals surface area contributed by atoms with Gasteiger partial charge in [-0.05, 0) is 24.1 Å². The van der Waals surface area contributed by atoms with Crippen molar-refractivity contribution in [1.82, 2.24) is 14.7 Å². The number of carbonyl (C=O) groups is 1. The van der Waals surface area contributed by atoms with Crippen LogP contribution in [0.4, 0.5) is 13.2 Å². The molecule has 0 saturated carbocycles. The van der Waals surface area contributed by atoms with E-state index in [1.807, 2.05) is 30.1 Å². The van der Waals surface area contributed by atoms with E-state index in [1.54, 1.807) is 13.4 Å². The Bertz CT molecular complexity index is 713. The Kier molecular flexibility index (Phi) is 6.43. The van der Waals surface area contributed by atoms with Crippen LogP contribution in [-0.2, 0) is 29.5 Å². The lowest BCUT2D eigenvalue weighted by Gasteiger charge is -2.35. The number of methoxy groups -OCH3 is 1. The first-order chi connectivity index (χ1) is 12.2. The average Bonchev–Trinajstić information content (AvgIpc) is 3.20. The number of furan rings is 1. The summed E-state index contributed by atoms with van der Waals surface area (Å²) in [6, 6.07) is 4.19. The zero-order valence-corrected chi connectivity index (χ0v) is 14.4. The molecule has 1 N–H and O–H groups in total. The smallest absolute Gasteiger partial charge is 0.475 e. The number of hydrogen-bond donors (Lipinski definition) is 1. The number of aromatic nitrogens is 2. The maximum atomic E-state index is 10.6. The number of fused-ring (bicyclic) bond motifs is 1. The van der Waals surface area contributed by atoms with E-state index in [0.29, 0.717) is 6.61 Å². The molecular formula is C16H20F3N3O4. The molecule has 1 unspecified atom stereocenters. The van der Waals surface area contributed by atoms with Crippen molar-refractivity contribution < 1.29 is 32.2 Å². The number of aliphatic carboxylic acids is 1. The first kappa shape index (κ1) is 20.0. The normalized spacial score (nSPS) is 17.3. The quantitative estimate of drug-likeness (QED) is 0.884. The van der Waals surface area contributed by atoms with E-state index in [1.165, 1.54) is 11.3 Å². The van der Waals surface area contributed by atoms with Gasteiger partial charge in [0.2, 0.25) is 0 Å². The predicted octanol–water partition coefficient (Wildman–Crippen LogP) is 2.39. The highest BCUT2D eigenvalue weighted by molar-refractivity contribution is 5.73. The zero-order valence-electron chi connectivity index (χ0n) is 14.4. The first-order valence-corrected chi connectivity index (χ1v) is 7.80. The molecule has 3 heterocycles. The highest BCUT2D eigenvalue weighted by Gasteiger charge is 2.38. The van der Waals surface area contributed by atoms with Gasteiger partial charge in [0.15, 0.2) is 0 Å². The van der Waals surface area contributed by atoms with Crippen molar-refractivity contribution in [3.8, 4) is 0 Å². The van der Waals surface area contributed by atoms with Crippen molar-refractivity contribution in [2.24, 2.45) is 7.05 Å². The highest BCUT2D eigenvalue weighted by atomic mass is 19.4. The molecule has 26 heavy (non-hydrogen) atoms. The van der Waals surface area contributed by atoms with Gasteiger partial charge in [-0.2, -0.15) is 18.3 Å². The molecule has 7 nitrogen and oxygen atoms in total. The van der Waals surface area contributed by atoms with E-state index in [-0.39, 0.29) is 6.04 Å². The van der Waals surface area contributed by atoms with Crippen molar-refractivity contribution in [1.29, 1.82) is 0 Å². The molecule has 1 aliphatic rings. The molecule has 2 aromatic rings. The fraction of sp³-hybridized carbons (Fsp3) is 0.500. The summed E-state index contributed by atoms with van der Waals surface area (Å²) in [5.74, 6) is -1.76. The summed E-state index contributed by atoms with van der Waals surface area (Å²) in [7, 11) is 3.74. The second kappa shape index (κ2) is 8.37. The Morgan fingerprint density at radius 3 is 2.73 bits per heavy atom. The lowest BCUT2D eigenvalue weighted by atomic mass is 10.00. The number of hydrogen-bond acceptors (Lipinski definition) is 5. The predicted molar refractivity (Wildman–Crippen MR) is 84.3 cm³/mol. The number of carboxylic acid groups (broad SMARTS) is 1. The van der Waals surface area contributed by atoms with Crippen LogP contribution in [0, 0.1) is 0 Å². The van der Waals surface area contributed by atoms with Gasteiger partial charge < -0.3 is 14.3 Å². The fourth-order valence-electron chi connectivity index (χ4n) is 2.84. The summed E-state index contributed by atoms with van der Waals surface area (Å²) in [5.41, 5.74) is 2.60. The lowest BCUT2D eigenvalue weighted by Crippen LogP contribution is -2.38. The van der Waals surface area contributed by atoms with Crippen LogP contribution in [0.3, 0.4) is 0 Å². The van der Waals surface area contributed by atoms with Crippen molar-refractivity contribution >= 4 is 5.97 Å². The zero-order chi connectivity index (χ0) is 19.3. The summed E-state index contributed by atoms with van der Waals surface area (Å²) in [6.07, 6.45) is -0.355. The number of alkyl halides is 3. The molecule has 1 atom stereocenters. The molecule has 0 saturated heterocycles. The number of rotatable bonds is 4. The molecule has 0 aromatic carbocycles. The van der Waals surface area contributed by atoms with Crippen molar-refractivity contribution in [3.63, 3.8) is 0 Å². The molecule has 0 aliphatic carbocycles. The van der Waals surface area contributed by atoms with Gasteiger partial charge in [-0.15, -0.1) is 0 Å². The highest BCUT2D eigenvalue weighted by Crippen LogP contribution is 2.30. The van der Waals surface area contributed by atoms with Crippen LogP contribution in [0.2, 0.25) is 0 Å². The summed E-state index contributed by atoms with van der Waals surface area (Å²) < 4.78 is 44.6. The molecule has 2 aromatic heterocycles. The molecule has 0 spiro atoms. The number of ether oxygens (including phenoxy) is 1.